The van der Waals surface area contributed by atoms with E-state index in [0.717, 1.165) is 5.56 Å². The van der Waals surface area contributed by atoms with E-state index in [1.807, 2.05) is 0 Å². The van der Waals surface area contributed by atoms with Crippen LogP contribution >= 0.6 is 0 Å². The largest absolute Gasteiger partial charge is 0.451 e. The van der Waals surface area contributed by atoms with Crippen LogP contribution in [0.1, 0.15) is 29.1 Å². The molecule has 0 radical (unpaired) electrons. The molecule has 1 amide bonds. The van der Waals surface area contributed by atoms with Gasteiger partial charge in [0.1, 0.15) is 17.3 Å². The Labute approximate surface area is 153 Å². The Balaban J connectivity index is 1.65. The fraction of sp³-hybridized carbons (Fsp3) is 0.150. The molecule has 0 aliphatic heterocycles. The maximum atomic E-state index is 13.0. The average Bonchev–Trinajstić information content (AvgIpc) is 3.12. The lowest BCUT2D eigenvalue weighted by Crippen LogP contribution is -2.26. The van der Waals surface area contributed by atoms with Crippen molar-refractivity contribution in [1.82, 2.24) is 5.32 Å². The Morgan fingerprint density at radius 1 is 1.00 bits per heavy atom. The minimum absolute atomic E-state index is 0.0438. The molecule has 0 saturated carbocycles. The number of alkyl halides is 2. The van der Waals surface area contributed by atoms with E-state index in [-0.39, 0.29) is 23.4 Å². The lowest BCUT2D eigenvalue weighted by atomic mass is 10.1. The van der Waals surface area contributed by atoms with Crippen LogP contribution in [0.25, 0.3) is 11.3 Å². The Bertz CT molecular complexity index is 905. The third kappa shape index (κ3) is 4.69. The summed E-state index contributed by atoms with van der Waals surface area (Å²) in [5.74, 6) is -0.187. The van der Waals surface area contributed by atoms with Gasteiger partial charge in [-0.15, -0.1) is 0 Å². The lowest BCUT2D eigenvalue weighted by molar-refractivity contribution is -0.0498. The van der Waals surface area contributed by atoms with Gasteiger partial charge in [0, 0.05) is 5.56 Å². The molecule has 0 fully saturated rings. The molecule has 1 atom stereocenters. The van der Waals surface area contributed by atoms with Crippen molar-refractivity contribution in [3.05, 3.63) is 77.8 Å². The van der Waals surface area contributed by atoms with E-state index >= 15 is 0 Å². The van der Waals surface area contributed by atoms with Gasteiger partial charge in [0.15, 0.2) is 5.76 Å². The molecule has 1 N–H and O–H groups in total. The molecule has 27 heavy (non-hydrogen) atoms. The van der Waals surface area contributed by atoms with Crippen LogP contribution in [0.4, 0.5) is 13.2 Å². The SMILES string of the molecule is CC(NC(=O)c1ccc(-c2ccc(F)cc2)o1)c1ccc(OC(F)F)cc1. The normalized spacial score (nSPS) is 12.0. The summed E-state index contributed by atoms with van der Waals surface area (Å²) in [6.45, 7) is -1.13. The van der Waals surface area contributed by atoms with Crippen LogP contribution in [-0.2, 0) is 0 Å². The first-order valence-corrected chi connectivity index (χ1v) is 8.14. The van der Waals surface area contributed by atoms with Crippen LogP contribution in [0.15, 0.2) is 65.1 Å². The summed E-state index contributed by atoms with van der Waals surface area (Å²) in [5, 5.41) is 2.76. The second kappa shape index (κ2) is 7.99. The number of hydrogen-bond donors (Lipinski definition) is 1. The summed E-state index contributed by atoms with van der Waals surface area (Å²) < 4.78 is 47.2. The van der Waals surface area contributed by atoms with Gasteiger partial charge in [-0.25, -0.2) is 4.39 Å². The molecule has 0 spiro atoms. The third-order valence-electron chi connectivity index (χ3n) is 3.91. The number of ether oxygens (including phenoxy) is 1. The Hall–Kier alpha value is -3.22. The van der Waals surface area contributed by atoms with Gasteiger partial charge in [0.2, 0.25) is 0 Å². The van der Waals surface area contributed by atoms with Gasteiger partial charge < -0.3 is 14.5 Å². The molecule has 140 valence electrons. The Morgan fingerprint density at radius 3 is 2.30 bits per heavy atom. The number of carbonyl (C=O) groups excluding carboxylic acids is 1. The van der Waals surface area contributed by atoms with E-state index in [1.54, 1.807) is 37.3 Å². The van der Waals surface area contributed by atoms with Crippen LogP contribution < -0.4 is 10.1 Å². The quantitative estimate of drug-likeness (QED) is 0.646. The summed E-state index contributed by atoms with van der Waals surface area (Å²) in [4.78, 5) is 12.4. The van der Waals surface area contributed by atoms with Gasteiger partial charge in [-0.05, 0) is 61.0 Å². The second-order valence-electron chi connectivity index (χ2n) is 5.81. The summed E-state index contributed by atoms with van der Waals surface area (Å²) >= 11 is 0. The van der Waals surface area contributed by atoms with E-state index in [0.29, 0.717) is 11.3 Å². The summed E-state index contributed by atoms with van der Waals surface area (Å²) in [6.07, 6.45) is 0. The van der Waals surface area contributed by atoms with Crippen molar-refractivity contribution >= 4 is 5.91 Å². The van der Waals surface area contributed by atoms with Crippen LogP contribution in [-0.4, -0.2) is 12.5 Å². The van der Waals surface area contributed by atoms with E-state index in [9.17, 15) is 18.0 Å². The fourth-order valence-electron chi connectivity index (χ4n) is 2.52. The number of carbonyl (C=O) groups is 1. The zero-order chi connectivity index (χ0) is 19.4. The zero-order valence-electron chi connectivity index (χ0n) is 14.3. The number of nitrogens with one attached hydrogen (secondary N) is 1. The van der Waals surface area contributed by atoms with Crippen molar-refractivity contribution < 1.29 is 27.1 Å². The van der Waals surface area contributed by atoms with Gasteiger partial charge in [0.25, 0.3) is 5.91 Å². The molecule has 0 aliphatic carbocycles. The predicted molar refractivity (Wildman–Crippen MR) is 93.1 cm³/mol. The number of benzene rings is 2. The molecule has 3 rings (SSSR count). The van der Waals surface area contributed by atoms with Gasteiger partial charge in [0.05, 0.1) is 6.04 Å². The van der Waals surface area contributed by atoms with Crippen LogP contribution in [0.5, 0.6) is 5.75 Å². The molecule has 3 aromatic rings. The third-order valence-corrected chi connectivity index (χ3v) is 3.91. The molecule has 0 aliphatic rings. The first kappa shape index (κ1) is 18.6. The van der Waals surface area contributed by atoms with Crippen molar-refractivity contribution in [1.29, 1.82) is 0 Å². The fourth-order valence-corrected chi connectivity index (χ4v) is 2.52. The number of furan rings is 1. The van der Waals surface area contributed by atoms with E-state index in [1.165, 1.54) is 30.3 Å². The molecular weight excluding hydrogens is 359 g/mol. The number of hydrogen-bond acceptors (Lipinski definition) is 3. The molecule has 4 nitrogen and oxygen atoms in total. The smallest absolute Gasteiger partial charge is 0.387 e. The highest BCUT2D eigenvalue weighted by Crippen LogP contribution is 2.23. The molecular formula is C20H16F3NO3. The van der Waals surface area contributed by atoms with Crippen molar-refractivity contribution in [3.63, 3.8) is 0 Å². The predicted octanol–water partition coefficient (Wildman–Crippen LogP) is 5.18. The summed E-state index contributed by atoms with van der Waals surface area (Å²) in [6, 6.07) is 14.5. The molecule has 2 aromatic carbocycles. The van der Waals surface area contributed by atoms with Crippen LogP contribution in [0.3, 0.4) is 0 Å². The van der Waals surface area contributed by atoms with Crippen LogP contribution in [0, 0.1) is 5.82 Å². The second-order valence-corrected chi connectivity index (χ2v) is 5.81. The topological polar surface area (TPSA) is 51.5 Å². The molecule has 1 heterocycles. The van der Waals surface area contributed by atoms with E-state index in [2.05, 4.69) is 10.1 Å². The van der Waals surface area contributed by atoms with Gasteiger partial charge in [-0.3, -0.25) is 4.79 Å². The highest BCUT2D eigenvalue weighted by Gasteiger charge is 2.16. The molecule has 0 bridgehead atoms. The monoisotopic (exact) mass is 375 g/mol. The summed E-state index contributed by atoms with van der Waals surface area (Å²) in [5.41, 5.74) is 1.37. The maximum Gasteiger partial charge on any atom is 0.387 e. The molecule has 1 unspecified atom stereocenters. The minimum Gasteiger partial charge on any atom is -0.451 e. The highest BCUT2D eigenvalue weighted by molar-refractivity contribution is 5.92. The van der Waals surface area contributed by atoms with Crippen molar-refractivity contribution in [2.45, 2.75) is 19.6 Å². The molecule has 1 aromatic heterocycles. The highest BCUT2D eigenvalue weighted by atomic mass is 19.3. The van der Waals surface area contributed by atoms with Gasteiger partial charge in [-0.1, -0.05) is 12.1 Å². The summed E-state index contributed by atoms with van der Waals surface area (Å²) in [7, 11) is 0. The first-order valence-electron chi connectivity index (χ1n) is 8.14. The lowest BCUT2D eigenvalue weighted by Gasteiger charge is -2.14. The van der Waals surface area contributed by atoms with Gasteiger partial charge >= 0.3 is 6.61 Å². The molecule has 0 saturated heterocycles. The maximum absolute atomic E-state index is 13.0. The standard InChI is InChI=1S/C20H16F3NO3/c1-12(13-4-8-16(9-5-13)26-20(22)23)24-19(25)18-11-10-17(27-18)14-2-6-15(21)7-3-14/h2-12,20H,1H3,(H,24,25). The Kier molecular flexibility index (Phi) is 5.49. The van der Waals surface area contributed by atoms with Crippen molar-refractivity contribution in [3.8, 4) is 17.1 Å². The molecule has 7 heteroatoms. The minimum atomic E-state index is -2.89. The number of rotatable bonds is 6. The van der Waals surface area contributed by atoms with Crippen molar-refractivity contribution in [2.24, 2.45) is 0 Å². The number of amides is 1. The average molecular weight is 375 g/mol. The van der Waals surface area contributed by atoms with Crippen molar-refractivity contribution in [2.75, 3.05) is 0 Å². The van der Waals surface area contributed by atoms with Gasteiger partial charge in [-0.2, -0.15) is 8.78 Å². The number of halogens is 3. The van der Waals surface area contributed by atoms with E-state index in [4.69, 9.17) is 4.42 Å². The van der Waals surface area contributed by atoms with Crippen LogP contribution in [0.2, 0.25) is 0 Å². The zero-order valence-corrected chi connectivity index (χ0v) is 14.3. The Morgan fingerprint density at radius 2 is 1.67 bits per heavy atom. The van der Waals surface area contributed by atoms with E-state index < -0.39 is 12.5 Å². The first-order chi connectivity index (χ1) is 12.9.